The summed E-state index contributed by atoms with van der Waals surface area (Å²) in [7, 11) is -0.474. The zero-order valence-corrected chi connectivity index (χ0v) is 14.6. The van der Waals surface area contributed by atoms with Gasteiger partial charge in [0.05, 0.1) is 11.4 Å². The molecule has 2 aromatic heterocycles. The molecule has 0 radical (unpaired) electrons. The minimum absolute atomic E-state index is 0.413. The average Bonchev–Trinajstić information content (AvgIpc) is 2.67. The van der Waals surface area contributed by atoms with E-state index in [1.165, 1.54) is 0 Å². The van der Waals surface area contributed by atoms with Crippen LogP contribution in [0.3, 0.4) is 0 Å². The predicted molar refractivity (Wildman–Crippen MR) is 101 cm³/mol. The fourth-order valence-electron chi connectivity index (χ4n) is 2.13. The van der Waals surface area contributed by atoms with Crippen molar-refractivity contribution >= 4 is 34.0 Å². The van der Waals surface area contributed by atoms with Crippen LogP contribution in [0.5, 0.6) is 0 Å². The number of rotatable bonds is 6. The van der Waals surface area contributed by atoms with Gasteiger partial charge in [-0.05, 0) is 36.4 Å². The van der Waals surface area contributed by atoms with Crippen molar-refractivity contribution < 1.29 is 8.76 Å². The Labute approximate surface area is 152 Å². The Morgan fingerprint density at radius 3 is 2.42 bits per heavy atom. The standard InChI is InChI=1S/C16H16N7O2S/c1-17-16-19-14(11-6-8-18-9-7-11)10-15(20-16)22-21-12-2-4-13(5-3-12)23-26(24)25/h2-10,21H,1H3,(H,23,24,25)(H2,17,19,20,22)/q-1. The van der Waals surface area contributed by atoms with Crippen LogP contribution in [0.4, 0.5) is 23.1 Å². The van der Waals surface area contributed by atoms with Crippen LogP contribution in [-0.2, 0) is 15.1 Å². The first-order valence-electron chi connectivity index (χ1n) is 7.56. The minimum atomic E-state index is -2.22. The molecule has 0 bridgehead atoms. The number of hydrogen-bond donors (Lipinski definition) is 4. The first-order chi connectivity index (χ1) is 12.6. The molecular weight excluding hydrogens is 354 g/mol. The Bertz CT molecular complexity index is 958. The first-order valence-corrected chi connectivity index (χ1v) is 8.62. The monoisotopic (exact) mass is 370 g/mol. The maximum atomic E-state index is 10.7. The van der Waals surface area contributed by atoms with Gasteiger partial charge in [0.15, 0.2) is 5.82 Å². The molecule has 0 amide bonds. The Morgan fingerprint density at radius 2 is 1.77 bits per heavy atom. The van der Waals surface area contributed by atoms with Gasteiger partial charge in [0.2, 0.25) is 5.95 Å². The van der Waals surface area contributed by atoms with Crippen molar-refractivity contribution in [2.75, 3.05) is 23.2 Å². The highest BCUT2D eigenvalue weighted by Gasteiger charge is 2.06. The van der Waals surface area contributed by atoms with Crippen LogP contribution < -0.4 is 16.2 Å². The second-order valence-corrected chi connectivity index (χ2v) is 5.71. The maximum Gasteiger partial charge on any atom is 0.225 e. The highest BCUT2D eigenvalue weighted by atomic mass is 32.2. The van der Waals surface area contributed by atoms with E-state index in [1.54, 1.807) is 43.7 Å². The highest BCUT2D eigenvalue weighted by Crippen LogP contribution is 2.21. The lowest BCUT2D eigenvalue weighted by Gasteiger charge is -2.12. The second kappa shape index (κ2) is 8.23. The van der Waals surface area contributed by atoms with E-state index in [1.807, 2.05) is 18.2 Å². The topological polar surface area (TPSA) is 124 Å². The van der Waals surface area contributed by atoms with E-state index in [2.05, 4.69) is 35.5 Å². The molecule has 0 aliphatic carbocycles. The van der Waals surface area contributed by atoms with E-state index in [9.17, 15) is 4.21 Å². The first kappa shape index (κ1) is 17.6. The number of hydrogen-bond acceptors (Lipinski definition) is 9. The normalized spacial score (nSPS) is 11.8. The van der Waals surface area contributed by atoms with Gasteiger partial charge in [-0.15, -0.1) is 0 Å². The second-order valence-electron chi connectivity index (χ2n) is 5.07. The molecule has 0 spiro atoms. The third-order valence-electron chi connectivity index (χ3n) is 3.31. The number of pyridine rings is 1. The summed E-state index contributed by atoms with van der Waals surface area (Å²) in [5.41, 5.74) is 8.84. The highest BCUT2D eigenvalue weighted by molar-refractivity contribution is 7.68. The zero-order valence-electron chi connectivity index (χ0n) is 13.7. The van der Waals surface area contributed by atoms with Crippen LogP contribution in [0.25, 0.3) is 11.3 Å². The summed E-state index contributed by atoms with van der Waals surface area (Å²) in [5, 5.41) is 2.93. The third-order valence-corrected chi connectivity index (χ3v) is 3.68. The summed E-state index contributed by atoms with van der Waals surface area (Å²) >= 11 is 0. The molecule has 0 atom stereocenters. The summed E-state index contributed by atoms with van der Waals surface area (Å²) in [5.74, 6) is 1.05. The van der Waals surface area contributed by atoms with Gasteiger partial charge in [0, 0.05) is 36.8 Å². The molecule has 0 unspecified atom stereocenters. The van der Waals surface area contributed by atoms with Crippen molar-refractivity contribution in [3.63, 3.8) is 0 Å². The molecule has 2 heterocycles. The SMILES string of the molecule is CNc1nc(NNc2ccc(N=[S-](=O)O)cc2)cc(-c2ccncc2)n1. The average molecular weight is 370 g/mol. The fourth-order valence-corrected chi connectivity index (χ4v) is 2.43. The van der Waals surface area contributed by atoms with E-state index in [-0.39, 0.29) is 0 Å². The van der Waals surface area contributed by atoms with Gasteiger partial charge < -0.3 is 18.4 Å². The van der Waals surface area contributed by atoms with Crippen LogP contribution in [0, 0.1) is 0 Å². The molecule has 0 fully saturated rings. The van der Waals surface area contributed by atoms with Crippen molar-refractivity contribution in [2.45, 2.75) is 0 Å². The van der Waals surface area contributed by atoms with Gasteiger partial charge in [-0.3, -0.25) is 15.8 Å². The molecule has 3 aromatic rings. The van der Waals surface area contributed by atoms with Gasteiger partial charge in [0.1, 0.15) is 0 Å². The van der Waals surface area contributed by atoms with Crippen LogP contribution in [0.1, 0.15) is 0 Å². The largest absolute Gasteiger partial charge is 0.454 e. The van der Waals surface area contributed by atoms with Gasteiger partial charge in [-0.2, -0.15) is 4.98 Å². The van der Waals surface area contributed by atoms with Crippen molar-refractivity contribution in [1.82, 2.24) is 15.0 Å². The van der Waals surface area contributed by atoms with Crippen LogP contribution in [-0.4, -0.2) is 26.6 Å². The molecule has 0 aliphatic rings. The lowest BCUT2D eigenvalue weighted by molar-refractivity contribution is 0.529. The van der Waals surface area contributed by atoms with E-state index >= 15 is 0 Å². The maximum absolute atomic E-state index is 10.7. The van der Waals surface area contributed by atoms with Crippen molar-refractivity contribution in [3.8, 4) is 11.3 Å². The van der Waals surface area contributed by atoms with Crippen molar-refractivity contribution in [2.24, 2.45) is 4.36 Å². The van der Waals surface area contributed by atoms with Gasteiger partial charge in [-0.25, -0.2) is 4.98 Å². The molecule has 26 heavy (non-hydrogen) atoms. The third kappa shape index (κ3) is 4.65. The van der Waals surface area contributed by atoms with Gasteiger partial charge in [0.25, 0.3) is 0 Å². The van der Waals surface area contributed by atoms with E-state index in [4.69, 9.17) is 4.55 Å². The molecule has 134 valence electrons. The van der Waals surface area contributed by atoms with E-state index in [0.717, 1.165) is 16.9 Å². The van der Waals surface area contributed by atoms with Gasteiger partial charge >= 0.3 is 0 Å². The molecule has 0 saturated carbocycles. The molecule has 10 heteroatoms. The van der Waals surface area contributed by atoms with E-state index in [0.29, 0.717) is 17.5 Å². The number of nitrogens with one attached hydrogen (secondary N) is 3. The van der Waals surface area contributed by atoms with Crippen molar-refractivity contribution in [1.29, 1.82) is 0 Å². The van der Waals surface area contributed by atoms with Crippen LogP contribution in [0.2, 0.25) is 0 Å². The number of aromatic nitrogens is 3. The molecular formula is C16H16N7O2S-. The number of benzene rings is 1. The molecule has 0 saturated heterocycles. The molecule has 1 aromatic carbocycles. The minimum Gasteiger partial charge on any atom is -0.454 e. The molecule has 3 rings (SSSR count). The fraction of sp³-hybridized carbons (Fsp3) is 0.0625. The number of hydrazine groups is 1. The summed E-state index contributed by atoms with van der Waals surface area (Å²) in [6, 6.07) is 12.2. The Morgan fingerprint density at radius 1 is 1.04 bits per heavy atom. The van der Waals surface area contributed by atoms with Crippen LogP contribution >= 0.6 is 0 Å². The van der Waals surface area contributed by atoms with Crippen LogP contribution in [0.15, 0.2) is 59.2 Å². The van der Waals surface area contributed by atoms with Gasteiger partial charge in [-0.1, -0.05) is 10.9 Å². The summed E-state index contributed by atoms with van der Waals surface area (Å²) in [4.78, 5) is 12.8. The predicted octanol–water partition coefficient (Wildman–Crippen LogP) is 3.27. The Kier molecular flexibility index (Phi) is 5.56. The summed E-state index contributed by atoms with van der Waals surface area (Å²) < 4.78 is 22.9. The lowest BCUT2D eigenvalue weighted by Crippen LogP contribution is -2.11. The quantitative estimate of drug-likeness (QED) is 0.296. The van der Waals surface area contributed by atoms with E-state index < -0.39 is 10.9 Å². The lowest BCUT2D eigenvalue weighted by atomic mass is 10.2. The number of anilines is 3. The Hall–Kier alpha value is -3.24. The van der Waals surface area contributed by atoms with Crippen molar-refractivity contribution in [3.05, 3.63) is 54.9 Å². The zero-order chi connectivity index (χ0) is 18.4. The Balaban J connectivity index is 1.77. The molecule has 0 aliphatic heterocycles. The smallest absolute Gasteiger partial charge is 0.225 e. The molecule has 4 N–H and O–H groups in total. The molecule has 9 nitrogen and oxygen atoms in total. The summed E-state index contributed by atoms with van der Waals surface area (Å²) in [6.07, 6.45) is 3.40. The number of nitrogens with zero attached hydrogens (tertiary/aromatic N) is 4. The summed E-state index contributed by atoms with van der Waals surface area (Å²) in [6.45, 7) is 0.